The molecule has 1 aliphatic heterocycles. The summed E-state index contributed by atoms with van der Waals surface area (Å²) < 4.78 is 10.6. The topological polar surface area (TPSA) is 85.4 Å². The first-order valence-corrected chi connectivity index (χ1v) is 8.57. The van der Waals surface area contributed by atoms with Gasteiger partial charge in [0.1, 0.15) is 0 Å². The standard InChI is InChI=1S/C18H20N4O3/c23-17(21-14-6-7-15-16(8-14)25-11-24-15)12-9-19-18(20-10-12)22-13-4-2-1-3-5-13/h6-10,13H,1-5,11H2,(H,21,23)(H,19,20,22). The zero-order chi connectivity index (χ0) is 17.1. The van der Waals surface area contributed by atoms with Crippen LogP contribution in [0.4, 0.5) is 11.6 Å². The van der Waals surface area contributed by atoms with E-state index in [0.29, 0.717) is 34.7 Å². The Morgan fingerprint density at radius 3 is 2.60 bits per heavy atom. The molecule has 1 aromatic heterocycles. The van der Waals surface area contributed by atoms with Crippen LogP contribution in [-0.4, -0.2) is 28.7 Å². The summed E-state index contributed by atoms with van der Waals surface area (Å²) in [5.41, 5.74) is 1.05. The van der Waals surface area contributed by atoms with Gasteiger partial charge in [-0.05, 0) is 25.0 Å². The third-order valence-electron chi connectivity index (χ3n) is 4.48. The molecule has 1 saturated carbocycles. The van der Waals surface area contributed by atoms with Crippen LogP contribution in [0.3, 0.4) is 0 Å². The Morgan fingerprint density at radius 1 is 1.04 bits per heavy atom. The molecule has 0 bridgehead atoms. The van der Waals surface area contributed by atoms with E-state index in [1.165, 1.54) is 19.3 Å². The van der Waals surface area contributed by atoms with Crippen LogP contribution in [0.25, 0.3) is 0 Å². The Hall–Kier alpha value is -2.83. The largest absolute Gasteiger partial charge is 0.454 e. The molecule has 4 rings (SSSR count). The number of fused-ring (bicyclic) bond motifs is 1. The maximum absolute atomic E-state index is 12.3. The molecular formula is C18H20N4O3. The number of carbonyl (C=O) groups is 1. The first-order valence-electron chi connectivity index (χ1n) is 8.57. The van der Waals surface area contributed by atoms with Crippen LogP contribution >= 0.6 is 0 Å². The molecule has 0 unspecified atom stereocenters. The fourth-order valence-electron chi connectivity index (χ4n) is 3.13. The van der Waals surface area contributed by atoms with Crippen LogP contribution in [0.15, 0.2) is 30.6 Å². The minimum absolute atomic E-state index is 0.204. The van der Waals surface area contributed by atoms with Gasteiger partial charge in [0.25, 0.3) is 5.91 Å². The second kappa shape index (κ2) is 6.96. The van der Waals surface area contributed by atoms with Crippen molar-refractivity contribution in [3.05, 3.63) is 36.2 Å². The van der Waals surface area contributed by atoms with Gasteiger partial charge < -0.3 is 20.1 Å². The lowest BCUT2D eigenvalue weighted by Crippen LogP contribution is -2.23. The summed E-state index contributed by atoms with van der Waals surface area (Å²) in [6.07, 6.45) is 9.17. The molecule has 2 heterocycles. The van der Waals surface area contributed by atoms with Crippen molar-refractivity contribution in [1.29, 1.82) is 0 Å². The molecule has 1 aliphatic carbocycles. The molecule has 7 heteroatoms. The van der Waals surface area contributed by atoms with Crippen molar-refractivity contribution in [2.24, 2.45) is 0 Å². The molecule has 2 aliphatic rings. The van der Waals surface area contributed by atoms with E-state index < -0.39 is 0 Å². The lowest BCUT2D eigenvalue weighted by molar-refractivity contribution is 0.102. The Bertz CT molecular complexity index is 757. The summed E-state index contributed by atoms with van der Waals surface area (Å²) in [5, 5.41) is 6.15. The Morgan fingerprint density at radius 2 is 1.80 bits per heavy atom. The Balaban J connectivity index is 1.38. The molecule has 0 saturated heterocycles. The van der Waals surface area contributed by atoms with E-state index in [0.717, 1.165) is 12.8 Å². The lowest BCUT2D eigenvalue weighted by Gasteiger charge is -2.22. The highest BCUT2D eigenvalue weighted by molar-refractivity contribution is 6.04. The fourth-order valence-corrected chi connectivity index (χ4v) is 3.13. The second-order valence-corrected chi connectivity index (χ2v) is 6.30. The molecule has 1 fully saturated rings. The van der Waals surface area contributed by atoms with Crippen LogP contribution in [0.2, 0.25) is 0 Å². The number of rotatable bonds is 4. The van der Waals surface area contributed by atoms with Crippen molar-refractivity contribution in [1.82, 2.24) is 9.97 Å². The molecule has 2 N–H and O–H groups in total. The molecule has 130 valence electrons. The van der Waals surface area contributed by atoms with Crippen molar-refractivity contribution in [2.75, 3.05) is 17.4 Å². The van der Waals surface area contributed by atoms with Crippen LogP contribution in [0.5, 0.6) is 11.5 Å². The van der Waals surface area contributed by atoms with Crippen LogP contribution in [0.1, 0.15) is 42.5 Å². The first kappa shape index (κ1) is 15.7. The van der Waals surface area contributed by atoms with E-state index >= 15 is 0 Å². The van der Waals surface area contributed by atoms with Crippen molar-refractivity contribution in [3.8, 4) is 11.5 Å². The Labute approximate surface area is 145 Å². The monoisotopic (exact) mass is 340 g/mol. The van der Waals surface area contributed by atoms with Gasteiger partial charge in [-0.1, -0.05) is 19.3 Å². The smallest absolute Gasteiger partial charge is 0.258 e. The molecule has 2 aromatic rings. The summed E-state index contributed by atoms with van der Waals surface area (Å²) in [6, 6.07) is 5.71. The highest BCUT2D eigenvalue weighted by Gasteiger charge is 2.16. The summed E-state index contributed by atoms with van der Waals surface area (Å²) in [4.78, 5) is 20.9. The van der Waals surface area contributed by atoms with Crippen LogP contribution < -0.4 is 20.1 Å². The van der Waals surface area contributed by atoms with E-state index in [1.54, 1.807) is 30.6 Å². The summed E-state index contributed by atoms with van der Waals surface area (Å²) in [7, 11) is 0. The van der Waals surface area contributed by atoms with E-state index in [9.17, 15) is 4.79 Å². The molecule has 0 radical (unpaired) electrons. The van der Waals surface area contributed by atoms with Gasteiger partial charge in [0.2, 0.25) is 12.7 Å². The predicted octanol–water partition coefficient (Wildman–Crippen LogP) is 3.20. The first-order chi connectivity index (χ1) is 12.3. The number of anilines is 2. The third-order valence-corrected chi connectivity index (χ3v) is 4.48. The average Bonchev–Trinajstić information content (AvgIpc) is 3.11. The van der Waals surface area contributed by atoms with Gasteiger partial charge in [0, 0.05) is 30.2 Å². The van der Waals surface area contributed by atoms with Gasteiger partial charge in [-0.2, -0.15) is 0 Å². The number of aromatic nitrogens is 2. The lowest BCUT2D eigenvalue weighted by atomic mass is 9.96. The van der Waals surface area contributed by atoms with Gasteiger partial charge in [-0.15, -0.1) is 0 Å². The van der Waals surface area contributed by atoms with Crippen molar-refractivity contribution < 1.29 is 14.3 Å². The average molecular weight is 340 g/mol. The number of hydrogen-bond donors (Lipinski definition) is 2. The SMILES string of the molecule is O=C(Nc1ccc2c(c1)OCO2)c1cnc(NC2CCCCC2)nc1. The van der Waals surface area contributed by atoms with Crippen molar-refractivity contribution in [3.63, 3.8) is 0 Å². The van der Waals surface area contributed by atoms with Gasteiger partial charge >= 0.3 is 0 Å². The fraction of sp³-hybridized carbons (Fsp3) is 0.389. The maximum Gasteiger partial charge on any atom is 0.258 e. The van der Waals surface area contributed by atoms with Crippen LogP contribution in [-0.2, 0) is 0 Å². The Kier molecular flexibility index (Phi) is 4.37. The van der Waals surface area contributed by atoms with E-state index in [2.05, 4.69) is 20.6 Å². The van der Waals surface area contributed by atoms with Crippen molar-refractivity contribution in [2.45, 2.75) is 38.1 Å². The minimum Gasteiger partial charge on any atom is -0.454 e. The van der Waals surface area contributed by atoms with Gasteiger partial charge in [-0.3, -0.25) is 4.79 Å². The van der Waals surface area contributed by atoms with Gasteiger partial charge in [0.15, 0.2) is 11.5 Å². The molecular weight excluding hydrogens is 320 g/mol. The predicted molar refractivity (Wildman–Crippen MR) is 93.0 cm³/mol. The highest BCUT2D eigenvalue weighted by Crippen LogP contribution is 2.34. The van der Waals surface area contributed by atoms with E-state index in [-0.39, 0.29) is 12.7 Å². The number of ether oxygens (including phenoxy) is 2. The number of nitrogens with one attached hydrogen (secondary N) is 2. The molecule has 25 heavy (non-hydrogen) atoms. The number of hydrogen-bond acceptors (Lipinski definition) is 6. The summed E-state index contributed by atoms with van der Waals surface area (Å²) in [6.45, 7) is 0.204. The number of carbonyl (C=O) groups excluding carboxylic acids is 1. The molecule has 1 aromatic carbocycles. The quantitative estimate of drug-likeness (QED) is 0.889. The van der Waals surface area contributed by atoms with Gasteiger partial charge in [0.05, 0.1) is 5.56 Å². The zero-order valence-corrected chi connectivity index (χ0v) is 13.8. The zero-order valence-electron chi connectivity index (χ0n) is 13.8. The minimum atomic E-state index is -0.261. The second-order valence-electron chi connectivity index (χ2n) is 6.30. The number of amides is 1. The van der Waals surface area contributed by atoms with Crippen molar-refractivity contribution >= 4 is 17.5 Å². The van der Waals surface area contributed by atoms with E-state index in [4.69, 9.17) is 9.47 Å². The normalized spacial score (nSPS) is 16.5. The van der Waals surface area contributed by atoms with Gasteiger partial charge in [-0.25, -0.2) is 9.97 Å². The maximum atomic E-state index is 12.3. The molecule has 1 amide bonds. The molecule has 7 nitrogen and oxygen atoms in total. The van der Waals surface area contributed by atoms with Crippen LogP contribution in [0, 0.1) is 0 Å². The number of benzene rings is 1. The summed E-state index contributed by atoms with van der Waals surface area (Å²) >= 11 is 0. The number of nitrogens with zero attached hydrogens (tertiary/aromatic N) is 2. The highest BCUT2D eigenvalue weighted by atomic mass is 16.7. The molecule has 0 spiro atoms. The summed E-state index contributed by atoms with van der Waals surface area (Å²) in [5.74, 6) is 1.62. The molecule has 0 atom stereocenters. The third kappa shape index (κ3) is 3.65. The van der Waals surface area contributed by atoms with E-state index in [1.807, 2.05) is 0 Å².